The highest BCUT2D eigenvalue weighted by Crippen LogP contribution is 2.13. The number of nitrogens with zero attached hydrogens (tertiary/aromatic N) is 2. The van der Waals surface area contributed by atoms with Gasteiger partial charge in [0.15, 0.2) is 5.03 Å². The molecule has 5 heteroatoms. The van der Waals surface area contributed by atoms with E-state index in [0.29, 0.717) is 10.1 Å². The van der Waals surface area contributed by atoms with Crippen LogP contribution in [0.3, 0.4) is 0 Å². The van der Waals surface area contributed by atoms with Gasteiger partial charge in [0, 0.05) is 12.8 Å². The van der Waals surface area contributed by atoms with Gasteiger partial charge in [0.2, 0.25) is 0 Å². The molecule has 1 aromatic rings. The van der Waals surface area contributed by atoms with Gasteiger partial charge in [-0.1, -0.05) is 18.2 Å². The van der Waals surface area contributed by atoms with Crippen LogP contribution in [0.4, 0.5) is 5.69 Å². The summed E-state index contributed by atoms with van der Waals surface area (Å²) in [6.45, 7) is 0. The first-order valence-electron chi connectivity index (χ1n) is 2.90. The molecule has 0 amide bonds. The number of para-hydroxylation sites is 1. The van der Waals surface area contributed by atoms with Crippen LogP contribution in [-0.2, 0) is 0 Å². The highest BCUT2D eigenvalue weighted by atomic mass is 32.1. The Hall–Kier alpha value is -1.23. The van der Waals surface area contributed by atoms with Crippen LogP contribution in [0.1, 0.15) is 0 Å². The molecule has 0 spiro atoms. The van der Waals surface area contributed by atoms with Crippen LogP contribution in [0.5, 0.6) is 0 Å². The number of thiol groups is 1. The summed E-state index contributed by atoms with van der Waals surface area (Å²) in [4.78, 5) is 10.2. The van der Waals surface area contributed by atoms with Crippen LogP contribution in [0, 0.1) is 10.1 Å². The first-order chi connectivity index (χ1) is 5.22. The molecule has 0 saturated carbocycles. The van der Waals surface area contributed by atoms with Crippen LogP contribution < -0.4 is 4.41 Å². The van der Waals surface area contributed by atoms with E-state index in [1.165, 1.54) is 0 Å². The van der Waals surface area contributed by atoms with Gasteiger partial charge in [0.25, 0.3) is 0 Å². The zero-order valence-corrected chi connectivity index (χ0v) is 6.44. The molecule has 0 aliphatic heterocycles. The van der Waals surface area contributed by atoms with Gasteiger partial charge in [-0.3, -0.25) is 0 Å². The minimum atomic E-state index is -0.599. The Morgan fingerprint density at radius 1 is 1.36 bits per heavy atom. The van der Waals surface area contributed by atoms with Crippen LogP contribution >= 0.6 is 12.8 Å². The standard InChI is InChI=1S/C6H6N2O2S/c9-8(10)7(11)6-4-2-1-3-5-6/h1-5,11H. The largest absolute Gasteiger partial charge is 0.234 e. The van der Waals surface area contributed by atoms with E-state index in [0.717, 1.165) is 0 Å². The molecule has 0 aliphatic rings. The molecule has 0 fully saturated rings. The normalized spacial score (nSPS) is 9.18. The number of benzene rings is 1. The van der Waals surface area contributed by atoms with Crippen molar-refractivity contribution in [1.29, 1.82) is 0 Å². The summed E-state index contributed by atoms with van der Waals surface area (Å²) in [7, 11) is 0. The lowest BCUT2D eigenvalue weighted by molar-refractivity contribution is -0.472. The topological polar surface area (TPSA) is 46.4 Å². The maximum atomic E-state index is 10.2. The molecule has 0 saturated heterocycles. The fraction of sp³-hybridized carbons (Fsp3) is 0. The molecule has 0 unspecified atom stereocenters. The average molecular weight is 170 g/mol. The number of nitro groups is 1. The van der Waals surface area contributed by atoms with Crippen molar-refractivity contribution in [2.24, 2.45) is 0 Å². The Morgan fingerprint density at radius 2 is 1.91 bits per heavy atom. The van der Waals surface area contributed by atoms with Crippen molar-refractivity contribution in [3.63, 3.8) is 0 Å². The number of hydrogen-bond donors (Lipinski definition) is 1. The third-order valence-electron chi connectivity index (χ3n) is 1.14. The maximum absolute atomic E-state index is 10.2. The lowest BCUT2D eigenvalue weighted by Crippen LogP contribution is -2.17. The summed E-state index contributed by atoms with van der Waals surface area (Å²) in [5, 5.41) is 9.56. The van der Waals surface area contributed by atoms with Gasteiger partial charge < -0.3 is 0 Å². The van der Waals surface area contributed by atoms with E-state index in [2.05, 4.69) is 12.8 Å². The monoisotopic (exact) mass is 170 g/mol. The van der Waals surface area contributed by atoms with E-state index in [-0.39, 0.29) is 0 Å². The number of rotatable bonds is 2. The smallest absolute Gasteiger partial charge is 0.176 e. The molecular formula is C6H6N2O2S. The van der Waals surface area contributed by atoms with Crippen molar-refractivity contribution in [3.05, 3.63) is 40.4 Å². The summed E-state index contributed by atoms with van der Waals surface area (Å²) in [6, 6.07) is 8.42. The second-order valence-corrected chi connectivity index (χ2v) is 2.24. The predicted octanol–water partition coefficient (Wildman–Crippen LogP) is 1.53. The van der Waals surface area contributed by atoms with Crippen molar-refractivity contribution < 1.29 is 5.03 Å². The van der Waals surface area contributed by atoms with Crippen molar-refractivity contribution in [3.8, 4) is 0 Å². The molecule has 0 radical (unpaired) electrons. The molecule has 0 bridgehead atoms. The Bertz CT molecular complexity index is 252. The van der Waals surface area contributed by atoms with Crippen molar-refractivity contribution >= 4 is 18.5 Å². The fourth-order valence-electron chi connectivity index (χ4n) is 0.656. The summed E-state index contributed by atoms with van der Waals surface area (Å²) < 4.78 is 0.667. The molecule has 0 N–H and O–H groups in total. The lowest BCUT2D eigenvalue weighted by Gasteiger charge is -2.04. The van der Waals surface area contributed by atoms with Crippen LogP contribution in [0.15, 0.2) is 30.3 Å². The van der Waals surface area contributed by atoms with E-state index in [1.54, 1.807) is 30.3 Å². The molecule has 0 heterocycles. The Labute approximate surface area is 69.1 Å². The molecule has 1 aromatic carbocycles. The van der Waals surface area contributed by atoms with Crippen LogP contribution in [0.25, 0.3) is 0 Å². The third kappa shape index (κ3) is 1.84. The minimum Gasteiger partial charge on any atom is -0.234 e. The Balaban J connectivity index is 2.85. The van der Waals surface area contributed by atoms with Gasteiger partial charge in [-0.15, -0.1) is 0 Å². The van der Waals surface area contributed by atoms with Gasteiger partial charge in [-0.25, -0.2) is 10.1 Å². The maximum Gasteiger partial charge on any atom is 0.176 e. The number of anilines is 1. The van der Waals surface area contributed by atoms with Gasteiger partial charge >= 0.3 is 0 Å². The second kappa shape index (κ2) is 3.25. The van der Waals surface area contributed by atoms with E-state index in [4.69, 9.17) is 0 Å². The van der Waals surface area contributed by atoms with Gasteiger partial charge in [-0.05, 0) is 16.5 Å². The first kappa shape index (κ1) is 7.87. The van der Waals surface area contributed by atoms with Crippen molar-refractivity contribution in [2.75, 3.05) is 4.41 Å². The van der Waals surface area contributed by atoms with E-state index >= 15 is 0 Å². The number of hydrazine groups is 1. The summed E-state index contributed by atoms with van der Waals surface area (Å²) in [5.41, 5.74) is 0.445. The Morgan fingerprint density at radius 3 is 2.36 bits per heavy atom. The van der Waals surface area contributed by atoms with Gasteiger partial charge in [-0.2, -0.15) is 0 Å². The van der Waals surface area contributed by atoms with Gasteiger partial charge in [0.1, 0.15) is 5.69 Å². The molecule has 0 aromatic heterocycles. The number of hydrogen-bond acceptors (Lipinski definition) is 3. The van der Waals surface area contributed by atoms with E-state index in [1.807, 2.05) is 0 Å². The predicted molar refractivity (Wildman–Crippen MR) is 44.9 cm³/mol. The van der Waals surface area contributed by atoms with Gasteiger partial charge in [0.05, 0.1) is 0 Å². The quantitative estimate of drug-likeness (QED) is 0.416. The molecule has 1 rings (SSSR count). The molecule has 4 nitrogen and oxygen atoms in total. The van der Waals surface area contributed by atoms with Crippen molar-refractivity contribution in [2.45, 2.75) is 0 Å². The lowest BCUT2D eigenvalue weighted by atomic mass is 10.3. The zero-order chi connectivity index (χ0) is 8.27. The average Bonchev–Trinajstić information content (AvgIpc) is 2.05. The first-order valence-corrected chi connectivity index (χ1v) is 3.30. The summed E-state index contributed by atoms with van der Waals surface area (Å²) in [5.74, 6) is 0. The highest BCUT2D eigenvalue weighted by molar-refractivity contribution is 7.81. The second-order valence-electron chi connectivity index (χ2n) is 1.86. The zero-order valence-electron chi connectivity index (χ0n) is 5.54. The molecule has 0 atom stereocenters. The molecule has 0 aliphatic carbocycles. The molecule has 11 heavy (non-hydrogen) atoms. The molecular weight excluding hydrogens is 164 g/mol. The van der Waals surface area contributed by atoms with E-state index in [9.17, 15) is 10.1 Å². The van der Waals surface area contributed by atoms with Crippen LogP contribution in [0.2, 0.25) is 0 Å². The fourth-order valence-corrected chi connectivity index (χ4v) is 0.789. The van der Waals surface area contributed by atoms with Crippen LogP contribution in [-0.4, -0.2) is 5.03 Å². The minimum absolute atomic E-state index is 0.445. The Kier molecular flexibility index (Phi) is 2.32. The van der Waals surface area contributed by atoms with Crippen molar-refractivity contribution in [1.82, 2.24) is 0 Å². The molecule has 58 valence electrons. The SMILES string of the molecule is O=[N+]([O-])N(S)c1ccccc1. The third-order valence-corrected chi connectivity index (χ3v) is 1.52. The summed E-state index contributed by atoms with van der Waals surface area (Å²) >= 11 is 3.65. The van der Waals surface area contributed by atoms with E-state index < -0.39 is 5.03 Å². The highest BCUT2D eigenvalue weighted by Gasteiger charge is 2.09. The summed E-state index contributed by atoms with van der Waals surface area (Å²) in [6.07, 6.45) is 0.